The van der Waals surface area contributed by atoms with Gasteiger partial charge in [0.05, 0.1) is 13.2 Å². The summed E-state index contributed by atoms with van der Waals surface area (Å²) in [5, 5.41) is 0. The van der Waals surface area contributed by atoms with Gasteiger partial charge in [0.15, 0.2) is 0 Å². The Balaban J connectivity index is 1.20. The summed E-state index contributed by atoms with van der Waals surface area (Å²) in [4.78, 5) is 17.7. The molecule has 4 aliphatic rings. The highest BCUT2D eigenvalue weighted by molar-refractivity contribution is 5.89. The predicted octanol–water partition coefficient (Wildman–Crippen LogP) is 3.94. The molecule has 1 aromatic rings. The first kappa shape index (κ1) is 20.8. The monoisotopic (exact) mass is 422 g/mol. The number of carbonyl (C=O) groups is 1. The van der Waals surface area contributed by atoms with Crippen molar-refractivity contribution in [3.05, 3.63) is 53.6 Å². The number of nitrogens with zero attached hydrogens (tertiary/aromatic N) is 2. The number of rotatable bonds is 6. The number of morpholine rings is 1. The Morgan fingerprint density at radius 1 is 1.10 bits per heavy atom. The number of hydrogen-bond acceptors (Lipinski definition) is 4. The second-order valence-electron chi connectivity index (χ2n) is 9.56. The summed E-state index contributed by atoms with van der Waals surface area (Å²) in [6, 6.07) is 8.06. The van der Waals surface area contributed by atoms with Gasteiger partial charge in [-0.15, -0.1) is 0 Å². The number of allylic oxidation sites excluding steroid dienone is 2. The third-order valence-corrected chi connectivity index (χ3v) is 7.33. The fourth-order valence-electron chi connectivity index (χ4n) is 5.27. The standard InChI is InChI=1S/C26H34N2O3/c1-30-23-9-7-21(8-10-23)18-28-19-24(31-26(13-14-26)25(28)29)22-11-15-27(16-12-22)17-20-5-3-2-4-6-20/h3,5-10,22,24H,2,4,11-19H2,1H3. The minimum atomic E-state index is -0.524. The number of amides is 1. The van der Waals surface area contributed by atoms with Gasteiger partial charge in [-0.1, -0.05) is 30.4 Å². The van der Waals surface area contributed by atoms with Crippen LogP contribution in [-0.2, 0) is 16.1 Å². The van der Waals surface area contributed by atoms with E-state index in [4.69, 9.17) is 9.47 Å². The largest absolute Gasteiger partial charge is 0.497 e. The van der Waals surface area contributed by atoms with E-state index in [9.17, 15) is 4.79 Å². The average Bonchev–Trinajstić information content (AvgIpc) is 3.59. The van der Waals surface area contributed by atoms with E-state index in [0.29, 0.717) is 19.0 Å². The van der Waals surface area contributed by atoms with Gasteiger partial charge in [0.25, 0.3) is 5.91 Å². The van der Waals surface area contributed by atoms with Gasteiger partial charge in [-0.2, -0.15) is 0 Å². The normalized spacial score (nSPS) is 26.2. The van der Waals surface area contributed by atoms with E-state index in [1.54, 1.807) is 7.11 Å². The first-order valence-electron chi connectivity index (χ1n) is 11.8. The van der Waals surface area contributed by atoms with Crippen LogP contribution in [0.25, 0.3) is 0 Å². The maximum absolute atomic E-state index is 13.1. The lowest BCUT2D eigenvalue weighted by molar-refractivity contribution is -0.175. The van der Waals surface area contributed by atoms with Gasteiger partial charge < -0.3 is 14.4 Å². The highest BCUT2D eigenvalue weighted by Gasteiger charge is 2.58. The van der Waals surface area contributed by atoms with Crippen LogP contribution >= 0.6 is 0 Å². The van der Waals surface area contributed by atoms with Gasteiger partial charge in [0.1, 0.15) is 11.4 Å². The second kappa shape index (κ2) is 8.79. The van der Waals surface area contributed by atoms with Gasteiger partial charge in [0, 0.05) is 19.6 Å². The molecule has 2 aliphatic carbocycles. The molecule has 2 aliphatic heterocycles. The SMILES string of the molecule is COc1ccc(CN2CC(C3CCN(CC4=CCCC=C4)CC3)OC3(CC3)C2=O)cc1. The first-order chi connectivity index (χ1) is 15.1. The Hall–Kier alpha value is -2.11. The van der Waals surface area contributed by atoms with Gasteiger partial charge in [0.2, 0.25) is 0 Å². The minimum Gasteiger partial charge on any atom is -0.497 e. The van der Waals surface area contributed by atoms with E-state index in [1.165, 1.54) is 18.4 Å². The number of methoxy groups -OCH3 is 1. The Labute approximate surface area is 185 Å². The smallest absolute Gasteiger partial charge is 0.255 e. The molecule has 0 bridgehead atoms. The lowest BCUT2D eigenvalue weighted by Crippen LogP contribution is -2.56. The van der Waals surface area contributed by atoms with Crippen LogP contribution in [0.1, 0.15) is 44.1 Å². The molecule has 1 spiro atoms. The highest BCUT2D eigenvalue weighted by Crippen LogP contribution is 2.47. The Morgan fingerprint density at radius 2 is 1.87 bits per heavy atom. The maximum atomic E-state index is 13.1. The number of hydrogen-bond donors (Lipinski definition) is 0. The van der Waals surface area contributed by atoms with Crippen molar-refractivity contribution in [3.8, 4) is 5.75 Å². The molecule has 1 atom stereocenters. The molecular weight excluding hydrogens is 388 g/mol. The van der Waals surface area contributed by atoms with Crippen LogP contribution in [0, 0.1) is 5.92 Å². The fourth-order valence-corrected chi connectivity index (χ4v) is 5.27. The van der Waals surface area contributed by atoms with Crippen molar-refractivity contribution < 1.29 is 14.3 Å². The molecule has 166 valence electrons. The van der Waals surface area contributed by atoms with Crippen molar-refractivity contribution in [2.45, 2.75) is 56.8 Å². The molecule has 1 aromatic carbocycles. The van der Waals surface area contributed by atoms with Crippen LogP contribution in [0.4, 0.5) is 0 Å². The van der Waals surface area contributed by atoms with Gasteiger partial charge in [-0.05, 0) is 80.8 Å². The molecule has 5 rings (SSSR count). The molecular formula is C26H34N2O3. The molecule has 0 aromatic heterocycles. The lowest BCUT2D eigenvalue weighted by Gasteiger charge is -2.43. The molecule has 0 radical (unpaired) electrons. The molecule has 5 heteroatoms. The summed E-state index contributed by atoms with van der Waals surface area (Å²) >= 11 is 0. The van der Waals surface area contributed by atoms with E-state index >= 15 is 0 Å². The summed E-state index contributed by atoms with van der Waals surface area (Å²) in [6.07, 6.45) is 13.5. The Bertz CT molecular complexity index is 848. The number of benzene rings is 1. The molecule has 3 fully saturated rings. The number of carbonyl (C=O) groups excluding carboxylic acids is 1. The summed E-state index contributed by atoms with van der Waals surface area (Å²) in [5.41, 5.74) is 2.09. The fraction of sp³-hybridized carbons (Fsp3) is 0.577. The van der Waals surface area contributed by atoms with Crippen molar-refractivity contribution in [1.82, 2.24) is 9.80 Å². The molecule has 1 amide bonds. The maximum Gasteiger partial charge on any atom is 0.255 e. The molecule has 31 heavy (non-hydrogen) atoms. The van der Waals surface area contributed by atoms with E-state index in [2.05, 4.69) is 35.3 Å². The summed E-state index contributed by atoms with van der Waals surface area (Å²) in [6.45, 7) is 4.68. The topological polar surface area (TPSA) is 42.0 Å². The summed E-state index contributed by atoms with van der Waals surface area (Å²) in [5.74, 6) is 1.57. The van der Waals surface area contributed by atoms with Crippen molar-refractivity contribution in [1.29, 1.82) is 0 Å². The van der Waals surface area contributed by atoms with Crippen LogP contribution in [-0.4, -0.2) is 60.7 Å². The van der Waals surface area contributed by atoms with Crippen LogP contribution < -0.4 is 4.74 Å². The molecule has 0 N–H and O–H groups in total. The Kier molecular flexibility index (Phi) is 5.89. The van der Waals surface area contributed by atoms with Crippen LogP contribution in [0.2, 0.25) is 0 Å². The van der Waals surface area contributed by atoms with E-state index in [1.807, 2.05) is 17.0 Å². The van der Waals surface area contributed by atoms with Crippen LogP contribution in [0.3, 0.4) is 0 Å². The number of piperidine rings is 1. The van der Waals surface area contributed by atoms with Crippen molar-refractivity contribution in [3.63, 3.8) is 0 Å². The third-order valence-electron chi connectivity index (χ3n) is 7.33. The van der Waals surface area contributed by atoms with Crippen LogP contribution in [0.15, 0.2) is 48.1 Å². The quantitative estimate of drug-likeness (QED) is 0.696. The van der Waals surface area contributed by atoms with E-state index < -0.39 is 5.60 Å². The zero-order valence-corrected chi connectivity index (χ0v) is 18.6. The molecule has 5 nitrogen and oxygen atoms in total. The summed E-state index contributed by atoms with van der Waals surface area (Å²) in [7, 11) is 1.68. The van der Waals surface area contributed by atoms with Gasteiger partial charge in [-0.25, -0.2) is 0 Å². The molecule has 1 saturated carbocycles. The predicted molar refractivity (Wildman–Crippen MR) is 121 cm³/mol. The first-order valence-corrected chi connectivity index (χ1v) is 11.8. The number of ether oxygens (including phenoxy) is 2. The second-order valence-corrected chi connectivity index (χ2v) is 9.56. The van der Waals surface area contributed by atoms with E-state index in [0.717, 1.165) is 56.6 Å². The minimum absolute atomic E-state index is 0.161. The molecule has 1 unspecified atom stereocenters. The van der Waals surface area contributed by atoms with Crippen molar-refractivity contribution in [2.24, 2.45) is 5.92 Å². The molecule has 2 heterocycles. The lowest BCUT2D eigenvalue weighted by atomic mass is 9.89. The van der Waals surface area contributed by atoms with Crippen molar-refractivity contribution in [2.75, 3.05) is 33.3 Å². The zero-order valence-electron chi connectivity index (χ0n) is 18.6. The highest BCUT2D eigenvalue weighted by atomic mass is 16.5. The zero-order chi connectivity index (χ0) is 21.3. The van der Waals surface area contributed by atoms with E-state index in [-0.39, 0.29) is 12.0 Å². The van der Waals surface area contributed by atoms with Gasteiger partial charge >= 0.3 is 0 Å². The Morgan fingerprint density at radius 3 is 2.52 bits per heavy atom. The molecule has 2 saturated heterocycles. The van der Waals surface area contributed by atoms with Gasteiger partial charge in [-0.3, -0.25) is 9.69 Å². The summed E-state index contributed by atoms with van der Waals surface area (Å²) < 4.78 is 11.7. The average molecular weight is 423 g/mol. The number of likely N-dealkylation sites (tertiary alicyclic amines) is 1. The third kappa shape index (κ3) is 4.58. The van der Waals surface area contributed by atoms with Crippen LogP contribution in [0.5, 0.6) is 5.75 Å². The van der Waals surface area contributed by atoms with Crippen molar-refractivity contribution >= 4 is 5.91 Å².